The summed E-state index contributed by atoms with van der Waals surface area (Å²) in [6.07, 6.45) is 9.43. The molecule has 0 radical (unpaired) electrons. The minimum absolute atomic E-state index is 0.377. The van der Waals surface area contributed by atoms with Crippen molar-refractivity contribution in [3.8, 4) is 0 Å². The van der Waals surface area contributed by atoms with Crippen molar-refractivity contribution < 1.29 is 4.74 Å². The summed E-state index contributed by atoms with van der Waals surface area (Å²) in [5, 5.41) is 14.8. The van der Waals surface area contributed by atoms with Crippen LogP contribution in [0.5, 0.6) is 0 Å². The molecule has 0 amide bonds. The van der Waals surface area contributed by atoms with E-state index in [1.54, 1.807) is 6.33 Å². The molecule has 0 aliphatic heterocycles. The van der Waals surface area contributed by atoms with Crippen LogP contribution in [0.15, 0.2) is 11.3 Å². The van der Waals surface area contributed by atoms with E-state index in [1.807, 2.05) is 7.05 Å². The second kappa shape index (κ2) is 11.1. The van der Waals surface area contributed by atoms with E-state index in [9.17, 15) is 0 Å². The van der Waals surface area contributed by atoms with E-state index in [0.717, 1.165) is 56.8 Å². The van der Waals surface area contributed by atoms with Gasteiger partial charge in [-0.2, -0.15) is 0 Å². The van der Waals surface area contributed by atoms with Crippen molar-refractivity contribution in [3.05, 3.63) is 12.2 Å². The highest BCUT2D eigenvalue weighted by Crippen LogP contribution is 2.30. The summed E-state index contributed by atoms with van der Waals surface area (Å²) in [5.41, 5.74) is 0. The smallest absolute Gasteiger partial charge is 0.191 e. The molecule has 7 nitrogen and oxygen atoms in total. The molecule has 2 N–H and O–H groups in total. The van der Waals surface area contributed by atoms with Gasteiger partial charge in [0.25, 0.3) is 0 Å². The molecule has 1 aliphatic rings. The molecule has 1 saturated carbocycles. The Balaban J connectivity index is 1.68. The molecule has 1 heterocycles. The topological polar surface area (TPSA) is 76.4 Å². The van der Waals surface area contributed by atoms with Crippen LogP contribution in [-0.4, -0.2) is 53.6 Å². The quantitative estimate of drug-likeness (QED) is 0.498. The number of aromatic nitrogens is 3. The molecule has 2 rings (SSSR count). The van der Waals surface area contributed by atoms with E-state index in [1.165, 1.54) is 25.7 Å². The lowest BCUT2D eigenvalue weighted by atomic mass is 9.98. The van der Waals surface area contributed by atoms with Crippen molar-refractivity contribution in [2.24, 2.45) is 10.9 Å². The van der Waals surface area contributed by atoms with Crippen molar-refractivity contribution in [2.45, 2.75) is 65.0 Å². The van der Waals surface area contributed by atoms with Crippen molar-refractivity contribution in [1.82, 2.24) is 25.4 Å². The average molecular weight is 351 g/mol. The Labute approximate surface area is 151 Å². The first-order chi connectivity index (χ1) is 12.3. The van der Waals surface area contributed by atoms with Crippen molar-refractivity contribution >= 4 is 5.96 Å². The molecule has 0 bridgehead atoms. The zero-order valence-corrected chi connectivity index (χ0v) is 16.0. The van der Waals surface area contributed by atoms with E-state index in [4.69, 9.17) is 4.74 Å². The molecule has 1 aromatic rings. The maximum atomic E-state index is 5.98. The van der Waals surface area contributed by atoms with Gasteiger partial charge in [0.1, 0.15) is 12.2 Å². The van der Waals surface area contributed by atoms with Crippen LogP contribution >= 0.6 is 0 Å². The van der Waals surface area contributed by atoms with Gasteiger partial charge in [0.15, 0.2) is 5.96 Å². The zero-order chi connectivity index (χ0) is 17.9. The van der Waals surface area contributed by atoms with Crippen LogP contribution in [0.4, 0.5) is 0 Å². The summed E-state index contributed by atoms with van der Waals surface area (Å²) in [7, 11) is 1.81. The van der Waals surface area contributed by atoms with Gasteiger partial charge in [-0.15, -0.1) is 10.2 Å². The first-order valence-corrected chi connectivity index (χ1v) is 9.71. The Morgan fingerprint density at radius 1 is 1.32 bits per heavy atom. The van der Waals surface area contributed by atoms with E-state index >= 15 is 0 Å². The van der Waals surface area contributed by atoms with Crippen LogP contribution in [0.3, 0.4) is 0 Å². The molecular weight excluding hydrogens is 316 g/mol. The van der Waals surface area contributed by atoms with Gasteiger partial charge in [0, 0.05) is 39.7 Å². The monoisotopic (exact) mass is 350 g/mol. The standard InChI is InChI=1S/C18H34N6O/c1-4-17-23-22-14-24(17)13-12-21-18(19-3)20-11-10-16(25-5-2)15-8-6-7-9-15/h14-16H,4-13H2,1-3H3,(H2,19,20,21). The fourth-order valence-electron chi connectivity index (χ4n) is 3.59. The largest absolute Gasteiger partial charge is 0.378 e. The molecule has 0 saturated heterocycles. The summed E-state index contributed by atoms with van der Waals surface area (Å²) in [5.74, 6) is 2.59. The molecule has 1 aromatic heterocycles. The van der Waals surface area contributed by atoms with Gasteiger partial charge in [-0.1, -0.05) is 19.8 Å². The fraction of sp³-hybridized carbons (Fsp3) is 0.833. The number of hydrogen-bond acceptors (Lipinski definition) is 4. The molecule has 0 spiro atoms. The van der Waals surface area contributed by atoms with E-state index in [-0.39, 0.29) is 0 Å². The maximum Gasteiger partial charge on any atom is 0.191 e. The van der Waals surface area contributed by atoms with Gasteiger partial charge >= 0.3 is 0 Å². The molecule has 0 aromatic carbocycles. The first kappa shape index (κ1) is 19.7. The van der Waals surface area contributed by atoms with Crippen LogP contribution in [0.2, 0.25) is 0 Å². The highest BCUT2D eigenvalue weighted by Gasteiger charge is 2.25. The molecule has 1 unspecified atom stereocenters. The second-order valence-corrected chi connectivity index (χ2v) is 6.55. The van der Waals surface area contributed by atoms with Crippen molar-refractivity contribution in [1.29, 1.82) is 0 Å². The molecular formula is C18H34N6O. The first-order valence-electron chi connectivity index (χ1n) is 9.71. The van der Waals surface area contributed by atoms with E-state index in [2.05, 4.69) is 44.2 Å². The van der Waals surface area contributed by atoms with Crippen LogP contribution in [0, 0.1) is 5.92 Å². The summed E-state index contributed by atoms with van der Waals surface area (Å²) >= 11 is 0. The Kier molecular flexibility index (Phi) is 8.72. The third kappa shape index (κ3) is 6.30. The number of nitrogens with zero attached hydrogens (tertiary/aromatic N) is 4. The number of nitrogens with one attached hydrogen (secondary N) is 2. The van der Waals surface area contributed by atoms with E-state index in [0.29, 0.717) is 6.10 Å². The van der Waals surface area contributed by atoms with Gasteiger partial charge in [0.05, 0.1) is 6.10 Å². The fourth-order valence-corrected chi connectivity index (χ4v) is 3.59. The predicted molar refractivity (Wildman–Crippen MR) is 101 cm³/mol. The van der Waals surface area contributed by atoms with Crippen molar-refractivity contribution in [3.63, 3.8) is 0 Å². The zero-order valence-electron chi connectivity index (χ0n) is 16.0. The third-order valence-corrected chi connectivity index (χ3v) is 4.91. The number of aliphatic imine (C=N–C) groups is 1. The third-order valence-electron chi connectivity index (χ3n) is 4.91. The Morgan fingerprint density at radius 3 is 2.76 bits per heavy atom. The maximum absolute atomic E-state index is 5.98. The SMILES string of the molecule is CCOC(CCNC(=NC)NCCn1cnnc1CC)C1CCCC1. The normalized spacial score (nSPS) is 17.0. The minimum atomic E-state index is 0.377. The van der Waals surface area contributed by atoms with Gasteiger partial charge in [0.2, 0.25) is 0 Å². The Morgan fingerprint density at radius 2 is 2.08 bits per heavy atom. The summed E-state index contributed by atoms with van der Waals surface area (Å²) < 4.78 is 8.05. The van der Waals surface area contributed by atoms with Crippen LogP contribution in [0.1, 0.15) is 51.8 Å². The number of ether oxygens (including phenoxy) is 1. The number of guanidine groups is 1. The molecule has 25 heavy (non-hydrogen) atoms. The van der Waals surface area contributed by atoms with Crippen molar-refractivity contribution in [2.75, 3.05) is 26.7 Å². The second-order valence-electron chi connectivity index (χ2n) is 6.55. The lowest BCUT2D eigenvalue weighted by molar-refractivity contribution is 0.0169. The Hall–Kier alpha value is -1.63. The molecule has 1 atom stereocenters. The predicted octanol–water partition coefficient (Wildman–Crippen LogP) is 1.99. The number of hydrogen-bond donors (Lipinski definition) is 2. The molecule has 142 valence electrons. The summed E-state index contributed by atoms with van der Waals surface area (Å²) in [4.78, 5) is 4.30. The van der Waals surface area contributed by atoms with Gasteiger partial charge in [-0.3, -0.25) is 4.99 Å². The highest BCUT2D eigenvalue weighted by atomic mass is 16.5. The van der Waals surface area contributed by atoms with Gasteiger partial charge in [-0.05, 0) is 32.1 Å². The van der Waals surface area contributed by atoms with Gasteiger partial charge < -0.3 is 19.9 Å². The number of rotatable bonds is 10. The van der Waals surface area contributed by atoms with Crippen LogP contribution in [0.25, 0.3) is 0 Å². The summed E-state index contributed by atoms with van der Waals surface area (Å²) in [6.45, 7) is 7.49. The lowest BCUT2D eigenvalue weighted by Crippen LogP contribution is -2.40. The lowest BCUT2D eigenvalue weighted by Gasteiger charge is -2.24. The highest BCUT2D eigenvalue weighted by molar-refractivity contribution is 5.79. The minimum Gasteiger partial charge on any atom is -0.378 e. The molecule has 1 aliphatic carbocycles. The summed E-state index contributed by atoms with van der Waals surface area (Å²) in [6, 6.07) is 0. The van der Waals surface area contributed by atoms with Gasteiger partial charge in [-0.25, -0.2) is 0 Å². The van der Waals surface area contributed by atoms with Crippen LogP contribution < -0.4 is 10.6 Å². The molecule has 1 fully saturated rings. The van der Waals surface area contributed by atoms with E-state index < -0.39 is 0 Å². The van der Waals surface area contributed by atoms with Crippen LogP contribution in [-0.2, 0) is 17.7 Å². The Bertz CT molecular complexity index is 509. The average Bonchev–Trinajstić information content (AvgIpc) is 3.31. The molecule has 7 heteroatoms. The number of aryl methyl sites for hydroxylation is 1.